The number of allylic oxidation sites excluding steroid dienone is 6. The maximum Gasteiger partial charge on any atom is 0.0458 e. The van der Waals surface area contributed by atoms with Gasteiger partial charge < -0.3 is 9.80 Å². The van der Waals surface area contributed by atoms with E-state index in [0.717, 1.165) is 34.1 Å². The molecule has 0 fully saturated rings. The van der Waals surface area contributed by atoms with Gasteiger partial charge in [0.2, 0.25) is 0 Å². The number of rotatable bonds is 9. The molecule has 0 spiro atoms. The van der Waals surface area contributed by atoms with E-state index in [4.69, 9.17) is 0 Å². The first-order valence-electron chi connectivity index (χ1n) is 12.1. The van der Waals surface area contributed by atoms with Crippen molar-refractivity contribution in [2.24, 2.45) is 0 Å². The van der Waals surface area contributed by atoms with Crippen LogP contribution in [0.3, 0.4) is 0 Å². The van der Waals surface area contributed by atoms with Crippen molar-refractivity contribution in [3.63, 3.8) is 0 Å². The maximum atomic E-state index is 3.87. The SMILES string of the molecule is C=C/C=C(\C)N(c1ccccc1)c1ccc(-c2ccc(N(/C(C)=C/C=C)c3ccccc3)cc2)cc1. The van der Waals surface area contributed by atoms with Gasteiger partial charge in [-0.05, 0) is 85.7 Å². The highest BCUT2D eigenvalue weighted by Gasteiger charge is 2.13. The van der Waals surface area contributed by atoms with Gasteiger partial charge in [0, 0.05) is 34.1 Å². The van der Waals surface area contributed by atoms with Gasteiger partial charge in [-0.1, -0.05) is 86.0 Å². The van der Waals surface area contributed by atoms with Crippen LogP contribution in [-0.4, -0.2) is 0 Å². The number of anilines is 4. The molecule has 0 saturated heterocycles. The van der Waals surface area contributed by atoms with Crippen molar-refractivity contribution >= 4 is 22.7 Å². The molecule has 0 N–H and O–H groups in total. The molecule has 4 aromatic rings. The van der Waals surface area contributed by atoms with Crippen molar-refractivity contribution in [3.05, 3.63) is 158 Å². The van der Waals surface area contributed by atoms with E-state index in [1.165, 1.54) is 11.1 Å². The second-order valence-electron chi connectivity index (χ2n) is 8.52. The lowest BCUT2D eigenvalue weighted by molar-refractivity contribution is 1.15. The predicted molar refractivity (Wildman–Crippen MR) is 157 cm³/mol. The molecule has 0 atom stereocenters. The molecule has 0 unspecified atom stereocenters. The fourth-order valence-corrected chi connectivity index (χ4v) is 4.36. The molecule has 0 aliphatic carbocycles. The third-order valence-corrected chi connectivity index (χ3v) is 6.04. The average molecular weight is 469 g/mol. The van der Waals surface area contributed by atoms with E-state index >= 15 is 0 Å². The summed E-state index contributed by atoms with van der Waals surface area (Å²) in [6, 6.07) is 38.2. The van der Waals surface area contributed by atoms with Crippen LogP contribution in [0.1, 0.15) is 13.8 Å². The number of nitrogens with zero attached hydrogens (tertiary/aromatic N) is 2. The zero-order valence-corrected chi connectivity index (χ0v) is 21.0. The Hall–Kier alpha value is -4.56. The van der Waals surface area contributed by atoms with E-state index in [9.17, 15) is 0 Å². The van der Waals surface area contributed by atoms with E-state index in [1.54, 1.807) is 0 Å². The quantitative estimate of drug-likeness (QED) is 0.226. The molecule has 0 aliphatic rings. The molecular formula is C34H32N2. The minimum atomic E-state index is 1.11. The van der Waals surface area contributed by atoms with Crippen LogP contribution in [0.4, 0.5) is 22.7 Å². The van der Waals surface area contributed by atoms with Gasteiger partial charge in [0.15, 0.2) is 0 Å². The highest BCUT2D eigenvalue weighted by molar-refractivity contribution is 5.75. The second kappa shape index (κ2) is 11.7. The lowest BCUT2D eigenvalue weighted by Gasteiger charge is -2.26. The van der Waals surface area contributed by atoms with Gasteiger partial charge in [0.1, 0.15) is 0 Å². The van der Waals surface area contributed by atoms with E-state index in [1.807, 2.05) is 36.4 Å². The van der Waals surface area contributed by atoms with Crippen LogP contribution in [0.15, 0.2) is 158 Å². The molecule has 178 valence electrons. The number of hydrogen-bond acceptors (Lipinski definition) is 2. The van der Waals surface area contributed by atoms with Gasteiger partial charge >= 0.3 is 0 Å². The summed E-state index contributed by atoms with van der Waals surface area (Å²) in [5, 5.41) is 0. The summed E-state index contributed by atoms with van der Waals surface area (Å²) in [5.41, 5.74) is 9.02. The van der Waals surface area contributed by atoms with Gasteiger partial charge in [-0.3, -0.25) is 0 Å². The summed E-state index contributed by atoms with van der Waals surface area (Å²) in [6.45, 7) is 11.9. The van der Waals surface area contributed by atoms with Crippen LogP contribution in [0.5, 0.6) is 0 Å². The van der Waals surface area contributed by atoms with Gasteiger partial charge in [-0.25, -0.2) is 0 Å². The van der Waals surface area contributed by atoms with Gasteiger partial charge in [-0.15, -0.1) is 0 Å². The highest BCUT2D eigenvalue weighted by Crippen LogP contribution is 2.34. The number of para-hydroxylation sites is 2. The fourth-order valence-electron chi connectivity index (χ4n) is 4.36. The summed E-state index contributed by atoms with van der Waals surface area (Å²) in [5.74, 6) is 0. The van der Waals surface area contributed by atoms with Crippen molar-refractivity contribution in [1.29, 1.82) is 0 Å². The molecule has 0 saturated carbocycles. The summed E-state index contributed by atoms with van der Waals surface area (Å²) in [7, 11) is 0. The molecule has 2 nitrogen and oxygen atoms in total. The summed E-state index contributed by atoms with van der Waals surface area (Å²) in [6.07, 6.45) is 7.71. The van der Waals surface area contributed by atoms with Crippen molar-refractivity contribution in [2.45, 2.75) is 13.8 Å². The van der Waals surface area contributed by atoms with Crippen molar-refractivity contribution in [1.82, 2.24) is 0 Å². The molecule has 4 aromatic carbocycles. The Bertz CT molecular complexity index is 1240. The van der Waals surface area contributed by atoms with Gasteiger partial charge in [-0.2, -0.15) is 0 Å². The molecule has 0 heterocycles. The Morgan fingerprint density at radius 3 is 1.08 bits per heavy atom. The van der Waals surface area contributed by atoms with Gasteiger partial charge in [0.25, 0.3) is 0 Å². The summed E-state index contributed by atoms with van der Waals surface area (Å²) >= 11 is 0. The standard InChI is InChI=1S/C34H32N2/c1-5-13-27(3)35(31-15-9-7-10-16-31)33-23-19-29(20-24-33)30-21-25-34(26-22-30)36(28(4)14-6-2)32-17-11-8-12-18-32/h5-26H,1-2H2,3-4H3/b27-13+,28-14+. The summed E-state index contributed by atoms with van der Waals surface area (Å²) < 4.78 is 0. The smallest absolute Gasteiger partial charge is 0.0458 e. The number of hydrogen-bond donors (Lipinski definition) is 0. The highest BCUT2D eigenvalue weighted by atomic mass is 15.1. The molecule has 0 aromatic heterocycles. The van der Waals surface area contributed by atoms with Crippen LogP contribution in [-0.2, 0) is 0 Å². The lowest BCUT2D eigenvalue weighted by Crippen LogP contribution is -2.14. The molecule has 4 rings (SSSR count). The largest absolute Gasteiger partial charge is 0.315 e. The van der Waals surface area contributed by atoms with Crippen molar-refractivity contribution in [3.8, 4) is 11.1 Å². The Morgan fingerprint density at radius 2 is 0.778 bits per heavy atom. The topological polar surface area (TPSA) is 6.48 Å². The van der Waals surface area contributed by atoms with E-state index < -0.39 is 0 Å². The Balaban J connectivity index is 1.64. The predicted octanol–water partition coefficient (Wildman–Crippen LogP) is 9.81. The molecule has 0 amide bonds. The molecule has 0 bridgehead atoms. The molecule has 36 heavy (non-hydrogen) atoms. The van der Waals surface area contributed by atoms with Crippen molar-refractivity contribution in [2.75, 3.05) is 9.80 Å². The first kappa shape index (κ1) is 24.6. The molecule has 0 aliphatic heterocycles. The van der Waals surface area contributed by atoms with Crippen LogP contribution >= 0.6 is 0 Å². The zero-order valence-electron chi connectivity index (χ0n) is 21.0. The maximum absolute atomic E-state index is 3.87. The minimum absolute atomic E-state index is 1.11. The molecule has 0 radical (unpaired) electrons. The van der Waals surface area contributed by atoms with Crippen LogP contribution in [0.25, 0.3) is 11.1 Å². The van der Waals surface area contributed by atoms with Crippen LogP contribution < -0.4 is 9.80 Å². The minimum Gasteiger partial charge on any atom is -0.315 e. The van der Waals surface area contributed by atoms with E-state index in [0.29, 0.717) is 0 Å². The fraction of sp³-hybridized carbons (Fsp3) is 0.0588. The first-order chi connectivity index (χ1) is 17.6. The van der Waals surface area contributed by atoms with Gasteiger partial charge in [0.05, 0.1) is 0 Å². The first-order valence-corrected chi connectivity index (χ1v) is 12.1. The summed E-state index contributed by atoms with van der Waals surface area (Å²) in [4.78, 5) is 4.47. The monoisotopic (exact) mass is 468 g/mol. The Kier molecular flexibility index (Phi) is 8.00. The molecule has 2 heteroatoms. The zero-order chi connectivity index (χ0) is 25.3. The molecular weight excluding hydrogens is 436 g/mol. The lowest BCUT2D eigenvalue weighted by atomic mass is 10.0. The number of benzene rings is 4. The second-order valence-corrected chi connectivity index (χ2v) is 8.52. The average Bonchev–Trinajstić information content (AvgIpc) is 2.91. The van der Waals surface area contributed by atoms with E-state index in [2.05, 4.69) is 134 Å². The van der Waals surface area contributed by atoms with Crippen LogP contribution in [0, 0.1) is 0 Å². The Labute approximate surface area is 215 Å². The Morgan fingerprint density at radius 1 is 0.472 bits per heavy atom. The third kappa shape index (κ3) is 5.56. The van der Waals surface area contributed by atoms with Crippen LogP contribution in [0.2, 0.25) is 0 Å². The third-order valence-electron chi connectivity index (χ3n) is 6.04. The normalized spacial score (nSPS) is 11.6. The van der Waals surface area contributed by atoms with Crippen molar-refractivity contribution < 1.29 is 0 Å². The van der Waals surface area contributed by atoms with E-state index in [-0.39, 0.29) is 0 Å².